The Labute approximate surface area is 100.0 Å². The van der Waals surface area contributed by atoms with E-state index in [0.717, 1.165) is 5.56 Å². The van der Waals surface area contributed by atoms with Crippen LogP contribution in [0.15, 0.2) is 18.2 Å². The average Bonchev–Trinajstić information content (AvgIpc) is 2.22. The van der Waals surface area contributed by atoms with Crippen LogP contribution in [-0.4, -0.2) is 11.9 Å². The van der Waals surface area contributed by atoms with Crippen molar-refractivity contribution in [2.45, 2.75) is 19.4 Å². The van der Waals surface area contributed by atoms with Gasteiger partial charge in [-0.05, 0) is 30.7 Å². The van der Waals surface area contributed by atoms with Crippen LogP contribution in [0.4, 0.5) is 5.69 Å². The van der Waals surface area contributed by atoms with Crippen LogP contribution in [-0.2, 0) is 4.79 Å². The van der Waals surface area contributed by atoms with E-state index in [1.54, 1.807) is 18.2 Å². The molecule has 0 radical (unpaired) electrons. The summed E-state index contributed by atoms with van der Waals surface area (Å²) >= 11 is 5.80. The number of hydrogen-bond donors (Lipinski definition) is 2. The molecule has 0 heterocycles. The summed E-state index contributed by atoms with van der Waals surface area (Å²) in [5, 5.41) is 3.33. The molecule has 1 aromatic carbocycles. The molecule has 0 fully saturated rings. The number of amides is 1. The van der Waals surface area contributed by atoms with Crippen molar-refractivity contribution in [2.24, 2.45) is 5.73 Å². The summed E-state index contributed by atoms with van der Waals surface area (Å²) in [6.45, 7) is 1.86. The van der Waals surface area contributed by atoms with Gasteiger partial charge < -0.3 is 11.1 Å². The molecular formula is C12H13ClN2O. The highest BCUT2D eigenvalue weighted by atomic mass is 35.5. The smallest absolute Gasteiger partial charge is 0.242 e. The highest BCUT2D eigenvalue weighted by Gasteiger charge is 2.12. The number of benzene rings is 1. The lowest BCUT2D eigenvalue weighted by molar-refractivity contribution is -0.117. The number of hydrogen-bond acceptors (Lipinski definition) is 2. The van der Waals surface area contributed by atoms with Gasteiger partial charge in [0.15, 0.2) is 0 Å². The van der Waals surface area contributed by atoms with E-state index in [2.05, 4.69) is 11.2 Å². The Bertz CT molecular complexity index is 437. The molecule has 0 bridgehead atoms. The minimum atomic E-state index is -0.680. The Hall–Kier alpha value is -1.50. The predicted octanol–water partition coefficient (Wildman–Crippen LogP) is 1.94. The molecule has 0 saturated carbocycles. The fraction of sp³-hybridized carbons (Fsp3) is 0.250. The van der Waals surface area contributed by atoms with E-state index in [1.165, 1.54) is 0 Å². The van der Waals surface area contributed by atoms with Crippen LogP contribution in [0.1, 0.15) is 12.0 Å². The van der Waals surface area contributed by atoms with Gasteiger partial charge in [-0.2, -0.15) is 0 Å². The molecule has 16 heavy (non-hydrogen) atoms. The Morgan fingerprint density at radius 2 is 2.38 bits per heavy atom. The number of carbonyl (C=O) groups is 1. The number of terminal acetylenes is 1. The molecule has 0 saturated heterocycles. The van der Waals surface area contributed by atoms with Crippen molar-refractivity contribution >= 4 is 23.2 Å². The maximum Gasteiger partial charge on any atom is 0.242 e. The van der Waals surface area contributed by atoms with Crippen molar-refractivity contribution in [1.82, 2.24) is 0 Å². The van der Waals surface area contributed by atoms with E-state index < -0.39 is 6.04 Å². The highest BCUT2D eigenvalue weighted by molar-refractivity contribution is 6.30. The van der Waals surface area contributed by atoms with E-state index in [0.29, 0.717) is 10.7 Å². The number of halogens is 1. The predicted molar refractivity (Wildman–Crippen MR) is 66.2 cm³/mol. The lowest BCUT2D eigenvalue weighted by Gasteiger charge is -2.11. The first-order valence-corrected chi connectivity index (χ1v) is 5.18. The molecule has 4 heteroatoms. The summed E-state index contributed by atoms with van der Waals surface area (Å²) in [4.78, 5) is 11.6. The third kappa shape index (κ3) is 3.27. The van der Waals surface area contributed by atoms with Gasteiger partial charge >= 0.3 is 0 Å². The second-order valence-electron chi connectivity index (χ2n) is 3.46. The lowest BCUT2D eigenvalue weighted by Crippen LogP contribution is -2.35. The quantitative estimate of drug-likeness (QED) is 0.788. The molecule has 0 aromatic heterocycles. The first kappa shape index (κ1) is 12.6. The molecule has 1 unspecified atom stereocenters. The monoisotopic (exact) mass is 236 g/mol. The van der Waals surface area contributed by atoms with Gasteiger partial charge in [-0.25, -0.2) is 0 Å². The van der Waals surface area contributed by atoms with Crippen molar-refractivity contribution in [3.05, 3.63) is 28.8 Å². The van der Waals surface area contributed by atoms with E-state index in [-0.39, 0.29) is 12.3 Å². The van der Waals surface area contributed by atoms with Crippen LogP contribution >= 0.6 is 11.6 Å². The van der Waals surface area contributed by atoms with E-state index in [4.69, 9.17) is 23.8 Å². The number of aryl methyl sites for hydroxylation is 1. The van der Waals surface area contributed by atoms with Crippen molar-refractivity contribution in [3.8, 4) is 12.3 Å². The maximum atomic E-state index is 11.6. The van der Waals surface area contributed by atoms with E-state index in [9.17, 15) is 4.79 Å². The van der Waals surface area contributed by atoms with E-state index in [1.807, 2.05) is 6.92 Å². The van der Waals surface area contributed by atoms with Gasteiger partial charge in [0.05, 0.1) is 6.04 Å². The molecule has 1 rings (SSSR count). The van der Waals surface area contributed by atoms with Gasteiger partial charge in [0, 0.05) is 17.1 Å². The summed E-state index contributed by atoms with van der Waals surface area (Å²) in [5.41, 5.74) is 7.15. The second-order valence-corrected chi connectivity index (χ2v) is 3.90. The number of anilines is 1. The Kier molecular flexibility index (Phi) is 4.36. The third-order valence-corrected chi connectivity index (χ3v) is 2.36. The lowest BCUT2D eigenvalue weighted by atomic mass is 10.1. The zero-order valence-corrected chi connectivity index (χ0v) is 9.71. The summed E-state index contributed by atoms with van der Waals surface area (Å²) < 4.78 is 0. The van der Waals surface area contributed by atoms with Crippen molar-refractivity contribution in [1.29, 1.82) is 0 Å². The van der Waals surface area contributed by atoms with Gasteiger partial charge in [0.2, 0.25) is 5.91 Å². The Balaban J connectivity index is 2.74. The molecular weight excluding hydrogens is 224 g/mol. The topological polar surface area (TPSA) is 55.1 Å². The maximum absolute atomic E-state index is 11.6. The fourth-order valence-electron chi connectivity index (χ4n) is 1.21. The Morgan fingerprint density at radius 3 is 2.94 bits per heavy atom. The van der Waals surface area contributed by atoms with Crippen LogP contribution in [0.2, 0.25) is 5.02 Å². The van der Waals surface area contributed by atoms with Gasteiger partial charge in [-0.3, -0.25) is 4.79 Å². The van der Waals surface area contributed by atoms with Crippen LogP contribution in [0.25, 0.3) is 0 Å². The number of nitrogens with one attached hydrogen (secondary N) is 1. The molecule has 0 spiro atoms. The summed E-state index contributed by atoms with van der Waals surface area (Å²) in [5.74, 6) is 2.06. The minimum Gasteiger partial charge on any atom is -0.324 e. The van der Waals surface area contributed by atoms with Crippen LogP contribution in [0.5, 0.6) is 0 Å². The van der Waals surface area contributed by atoms with Crippen LogP contribution < -0.4 is 11.1 Å². The fourth-order valence-corrected chi connectivity index (χ4v) is 1.44. The molecule has 0 aliphatic heterocycles. The number of carbonyl (C=O) groups excluding carboxylic acids is 1. The van der Waals surface area contributed by atoms with E-state index >= 15 is 0 Å². The minimum absolute atomic E-state index is 0.221. The van der Waals surface area contributed by atoms with Crippen LogP contribution in [0.3, 0.4) is 0 Å². The molecule has 0 aliphatic rings. The molecule has 1 atom stereocenters. The molecule has 1 amide bonds. The standard InChI is InChI=1S/C12H13ClN2O/c1-3-4-10(14)12(16)15-11-6-5-9(13)7-8(11)2/h1,5-7,10H,4,14H2,2H3,(H,15,16). The second kappa shape index (κ2) is 5.55. The van der Waals surface area contributed by atoms with Crippen molar-refractivity contribution in [3.63, 3.8) is 0 Å². The zero-order valence-electron chi connectivity index (χ0n) is 8.96. The first-order chi connectivity index (χ1) is 7.54. The molecule has 0 aliphatic carbocycles. The molecule has 3 nitrogen and oxygen atoms in total. The third-order valence-electron chi connectivity index (χ3n) is 2.12. The molecule has 1 aromatic rings. The average molecular weight is 237 g/mol. The summed E-state index contributed by atoms with van der Waals surface area (Å²) in [6.07, 6.45) is 5.30. The van der Waals surface area contributed by atoms with Crippen molar-refractivity contribution < 1.29 is 4.79 Å². The number of nitrogens with two attached hydrogens (primary N) is 1. The summed E-state index contributed by atoms with van der Waals surface area (Å²) in [6, 6.07) is 4.53. The SMILES string of the molecule is C#CCC(N)C(=O)Nc1ccc(Cl)cc1C. The first-order valence-electron chi connectivity index (χ1n) is 4.80. The zero-order chi connectivity index (χ0) is 12.1. The molecule has 3 N–H and O–H groups in total. The van der Waals surface area contributed by atoms with Crippen molar-refractivity contribution in [2.75, 3.05) is 5.32 Å². The molecule has 84 valence electrons. The van der Waals surface area contributed by atoms with Gasteiger partial charge in [-0.15, -0.1) is 12.3 Å². The van der Waals surface area contributed by atoms with Gasteiger partial charge in [0.25, 0.3) is 0 Å². The Morgan fingerprint density at radius 1 is 1.69 bits per heavy atom. The van der Waals surface area contributed by atoms with Gasteiger partial charge in [0.1, 0.15) is 0 Å². The number of rotatable bonds is 3. The van der Waals surface area contributed by atoms with Crippen LogP contribution in [0, 0.1) is 19.3 Å². The van der Waals surface area contributed by atoms with Gasteiger partial charge in [-0.1, -0.05) is 11.6 Å². The normalized spacial score (nSPS) is 11.6. The summed E-state index contributed by atoms with van der Waals surface area (Å²) in [7, 11) is 0. The highest BCUT2D eigenvalue weighted by Crippen LogP contribution is 2.19. The largest absolute Gasteiger partial charge is 0.324 e.